The third kappa shape index (κ3) is 2.52. The van der Waals surface area contributed by atoms with Gasteiger partial charge in [0, 0.05) is 14.7 Å². The lowest BCUT2D eigenvalue weighted by Gasteiger charge is -2.18. The predicted molar refractivity (Wildman–Crippen MR) is 56.1 cm³/mol. The van der Waals surface area contributed by atoms with Gasteiger partial charge < -0.3 is 5.11 Å². The number of carbonyl (C=O) groups is 1. The fourth-order valence-corrected chi connectivity index (χ4v) is 2.70. The molecule has 0 spiro atoms. The number of halogens is 1. The maximum atomic E-state index is 10.9. The van der Waals surface area contributed by atoms with Crippen LogP contribution in [0.15, 0.2) is 15.9 Å². The van der Waals surface area contributed by atoms with Crippen molar-refractivity contribution >= 4 is 33.2 Å². The quantitative estimate of drug-likeness (QED) is 0.909. The smallest absolute Gasteiger partial charge is 0.326 e. The van der Waals surface area contributed by atoms with E-state index in [4.69, 9.17) is 5.11 Å². The van der Waals surface area contributed by atoms with E-state index >= 15 is 0 Å². The second-order valence-electron chi connectivity index (χ2n) is 2.87. The van der Waals surface area contributed by atoms with E-state index in [1.165, 1.54) is 11.3 Å². The monoisotopic (exact) mass is 263 g/mol. The summed E-state index contributed by atoms with van der Waals surface area (Å²) in [6, 6.07) is 1.29. The van der Waals surface area contributed by atoms with Gasteiger partial charge in [0.2, 0.25) is 0 Å². The number of carboxylic acids is 1. The number of rotatable bonds is 3. The number of likely N-dealkylation sites (N-methyl/N-ethyl adjacent to an activating group) is 1. The standard InChI is InChI=1S/C8H10BrNO2S/c1-10(2)7(8(11)12)6-3-5(9)4-13-6/h3-4,7H,1-2H3,(H,11,12). The largest absolute Gasteiger partial charge is 0.480 e. The van der Waals surface area contributed by atoms with Crippen LogP contribution in [0.4, 0.5) is 0 Å². The van der Waals surface area contributed by atoms with Crippen molar-refractivity contribution < 1.29 is 9.90 Å². The third-order valence-corrected chi connectivity index (χ3v) is 3.35. The lowest BCUT2D eigenvalue weighted by Crippen LogP contribution is -2.26. The Morgan fingerprint density at radius 1 is 1.69 bits per heavy atom. The molecular formula is C8H10BrNO2S. The van der Waals surface area contributed by atoms with E-state index in [-0.39, 0.29) is 0 Å². The second-order valence-corrected chi connectivity index (χ2v) is 4.73. The predicted octanol–water partition coefficient (Wildman–Crippen LogP) is 2.20. The molecule has 72 valence electrons. The SMILES string of the molecule is CN(C)C(C(=O)O)c1cc(Br)cs1. The zero-order valence-corrected chi connectivity index (χ0v) is 9.72. The fourth-order valence-electron chi connectivity index (χ4n) is 1.07. The number of hydrogen-bond donors (Lipinski definition) is 1. The Balaban J connectivity index is 2.95. The molecule has 13 heavy (non-hydrogen) atoms. The molecule has 5 heteroatoms. The van der Waals surface area contributed by atoms with Gasteiger partial charge in [0.1, 0.15) is 6.04 Å². The van der Waals surface area contributed by atoms with Crippen LogP contribution in [0.3, 0.4) is 0 Å². The van der Waals surface area contributed by atoms with Crippen LogP contribution in [0, 0.1) is 0 Å². The van der Waals surface area contributed by atoms with Crippen molar-refractivity contribution in [3.8, 4) is 0 Å². The summed E-state index contributed by atoms with van der Waals surface area (Å²) in [6.45, 7) is 0. The maximum absolute atomic E-state index is 10.9. The molecule has 0 radical (unpaired) electrons. The Morgan fingerprint density at radius 3 is 2.62 bits per heavy atom. The molecule has 0 aliphatic carbocycles. The first-order valence-corrected chi connectivity index (χ1v) is 5.33. The number of aliphatic carboxylic acids is 1. The molecule has 0 bridgehead atoms. The number of nitrogens with zero attached hydrogens (tertiary/aromatic N) is 1. The Hall–Kier alpha value is -0.390. The van der Waals surface area contributed by atoms with Crippen molar-refractivity contribution in [3.63, 3.8) is 0 Å². The average Bonchev–Trinajstić information content (AvgIpc) is 2.34. The first-order valence-electron chi connectivity index (χ1n) is 3.65. The average molecular weight is 264 g/mol. The molecule has 3 nitrogen and oxygen atoms in total. The summed E-state index contributed by atoms with van der Waals surface area (Å²) in [6.07, 6.45) is 0. The molecular weight excluding hydrogens is 254 g/mol. The highest BCUT2D eigenvalue weighted by Gasteiger charge is 2.23. The highest BCUT2D eigenvalue weighted by molar-refractivity contribution is 9.10. The molecule has 0 fully saturated rings. The topological polar surface area (TPSA) is 40.5 Å². The molecule has 1 rings (SSSR count). The van der Waals surface area contributed by atoms with Gasteiger partial charge in [0.25, 0.3) is 0 Å². The van der Waals surface area contributed by atoms with Crippen molar-refractivity contribution in [2.24, 2.45) is 0 Å². The van der Waals surface area contributed by atoms with Gasteiger partial charge in [-0.2, -0.15) is 0 Å². The van der Waals surface area contributed by atoms with Gasteiger partial charge in [0.15, 0.2) is 0 Å². The number of carboxylic acid groups (broad SMARTS) is 1. The molecule has 1 aromatic heterocycles. The Bertz CT molecular complexity index is 311. The Labute approximate surface area is 89.1 Å². The molecule has 1 aromatic rings. The van der Waals surface area contributed by atoms with Crippen molar-refractivity contribution in [3.05, 3.63) is 20.8 Å². The molecule has 1 atom stereocenters. The molecule has 0 saturated carbocycles. The number of hydrogen-bond acceptors (Lipinski definition) is 3. The molecule has 1 heterocycles. The van der Waals surface area contributed by atoms with Gasteiger partial charge in [-0.15, -0.1) is 11.3 Å². The van der Waals surface area contributed by atoms with Gasteiger partial charge in [-0.3, -0.25) is 9.69 Å². The highest BCUT2D eigenvalue weighted by Crippen LogP contribution is 2.28. The van der Waals surface area contributed by atoms with E-state index in [9.17, 15) is 4.79 Å². The first kappa shape index (κ1) is 10.7. The van der Waals surface area contributed by atoms with Crippen molar-refractivity contribution in [2.75, 3.05) is 14.1 Å². The Kier molecular flexibility index (Phi) is 3.47. The minimum absolute atomic E-state index is 0.545. The van der Waals surface area contributed by atoms with Crippen LogP contribution in [0.25, 0.3) is 0 Å². The molecule has 1 unspecified atom stereocenters. The molecule has 1 N–H and O–H groups in total. The van der Waals surface area contributed by atoms with Crippen LogP contribution in [-0.4, -0.2) is 30.1 Å². The maximum Gasteiger partial charge on any atom is 0.326 e. The molecule has 0 saturated heterocycles. The summed E-state index contributed by atoms with van der Waals surface area (Å²) in [4.78, 5) is 13.4. The fraction of sp³-hybridized carbons (Fsp3) is 0.375. The minimum Gasteiger partial charge on any atom is -0.480 e. The normalized spacial score (nSPS) is 13.2. The molecule has 0 aliphatic heterocycles. The van der Waals surface area contributed by atoms with Crippen molar-refractivity contribution in [2.45, 2.75) is 6.04 Å². The molecule has 0 aliphatic rings. The van der Waals surface area contributed by atoms with Crippen LogP contribution in [0.5, 0.6) is 0 Å². The zero-order valence-electron chi connectivity index (χ0n) is 7.32. The second kappa shape index (κ2) is 4.21. The van der Waals surface area contributed by atoms with Gasteiger partial charge in [-0.25, -0.2) is 0 Å². The first-order chi connectivity index (χ1) is 6.02. The van der Waals surface area contributed by atoms with Gasteiger partial charge in [-0.05, 0) is 36.1 Å². The number of thiophene rings is 1. The third-order valence-electron chi connectivity index (χ3n) is 1.61. The van der Waals surface area contributed by atoms with E-state index in [2.05, 4.69) is 15.9 Å². The van der Waals surface area contributed by atoms with Crippen LogP contribution in [-0.2, 0) is 4.79 Å². The minimum atomic E-state index is -0.820. The summed E-state index contributed by atoms with van der Waals surface area (Å²) in [7, 11) is 3.51. The van der Waals surface area contributed by atoms with E-state index in [1.54, 1.807) is 19.0 Å². The summed E-state index contributed by atoms with van der Waals surface area (Å²) >= 11 is 4.74. The molecule has 0 amide bonds. The summed E-state index contributed by atoms with van der Waals surface area (Å²) < 4.78 is 0.931. The van der Waals surface area contributed by atoms with Crippen LogP contribution in [0.2, 0.25) is 0 Å². The zero-order chi connectivity index (χ0) is 10.0. The van der Waals surface area contributed by atoms with E-state index in [0.29, 0.717) is 0 Å². The van der Waals surface area contributed by atoms with Crippen LogP contribution >= 0.6 is 27.3 Å². The summed E-state index contributed by atoms with van der Waals surface area (Å²) in [5, 5.41) is 10.8. The summed E-state index contributed by atoms with van der Waals surface area (Å²) in [5.41, 5.74) is 0. The van der Waals surface area contributed by atoms with Gasteiger partial charge >= 0.3 is 5.97 Å². The van der Waals surface area contributed by atoms with Crippen LogP contribution < -0.4 is 0 Å². The van der Waals surface area contributed by atoms with Crippen LogP contribution in [0.1, 0.15) is 10.9 Å². The van der Waals surface area contributed by atoms with E-state index in [1.807, 2.05) is 11.4 Å². The lowest BCUT2D eigenvalue weighted by molar-refractivity contribution is -0.142. The Morgan fingerprint density at radius 2 is 2.31 bits per heavy atom. The van der Waals surface area contributed by atoms with Crippen molar-refractivity contribution in [1.82, 2.24) is 4.90 Å². The molecule has 0 aromatic carbocycles. The summed E-state index contributed by atoms with van der Waals surface area (Å²) in [5.74, 6) is -0.820. The lowest BCUT2D eigenvalue weighted by atomic mass is 10.2. The van der Waals surface area contributed by atoms with Gasteiger partial charge in [-0.1, -0.05) is 0 Å². The van der Waals surface area contributed by atoms with Gasteiger partial charge in [0.05, 0.1) is 0 Å². The van der Waals surface area contributed by atoms with Crippen molar-refractivity contribution in [1.29, 1.82) is 0 Å². The van der Waals surface area contributed by atoms with E-state index < -0.39 is 12.0 Å². The van der Waals surface area contributed by atoms with E-state index in [0.717, 1.165) is 9.35 Å². The highest BCUT2D eigenvalue weighted by atomic mass is 79.9.